The summed E-state index contributed by atoms with van der Waals surface area (Å²) in [7, 11) is 0. The first kappa shape index (κ1) is 20.6. The van der Waals surface area contributed by atoms with Crippen LogP contribution >= 0.6 is 23.2 Å². The molecular weight excluding hydrogens is 394 g/mol. The van der Waals surface area contributed by atoms with Gasteiger partial charge in [0.2, 0.25) is 5.91 Å². The van der Waals surface area contributed by atoms with Gasteiger partial charge in [0.05, 0.1) is 27.1 Å². The predicted molar refractivity (Wildman–Crippen MR) is 91.3 cm³/mol. The molecular formula is C15H18Cl2F3N5O. The Hall–Kier alpha value is -1.74. The Morgan fingerprint density at radius 2 is 1.69 bits per heavy atom. The predicted octanol–water partition coefficient (Wildman–Crippen LogP) is 3.54. The van der Waals surface area contributed by atoms with Crippen LogP contribution in [0.5, 0.6) is 0 Å². The summed E-state index contributed by atoms with van der Waals surface area (Å²) in [4.78, 5) is 11.9. The molecule has 0 atom stereocenters. The molecule has 11 heteroatoms. The zero-order valence-electron chi connectivity index (χ0n) is 14.4. The van der Waals surface area contributed by atoms with Crippen molar-refractivity contribution in [2.75, 3.05) is 6.54 Å². The summed E-state index contributed by atoms with van der Waals surface area (Å²) >= 11 is 11.7. The average molecular weight is 412 g/mol. The van der Waals surface area contributed by atoms with Crippen LogP contribution in [-0.4, -0.2) is 32.0 Å². The van der Waals surface area contributed by atoms with E-state index < -0.39 is 22.8 Å². The monoisotopic (exact) mass is 411 g/mol. The van der Waals surface area contributed by atoms with Crippen molar-refractivity contribution in [1.29, 1.82) is 0 Å². The summed E-state index contributed by atoms with van der Waals surface area (Å²) < 4.78 is 41.0. The molecule has 0 radical (unpaired) electrons. The highest BCUT2D eigenvalue weighted by Crippen LogP contribution is 2.35. The van der Waals surface area contributed by atoms with E-state index in [9.17, 15) is 18.0 Å². The number of nitrogens with one attached hydrogen (secondary N) is 1. The van der Waals surface area contributed by atoms with Gasteiger partial charge in [-0.2, -0.15) is 23.4 Å². The lowest BCUT2D eigenvalue weighted by atomic mass is 10.3. The number of carbonyl (C=O) groups excluding carboxylic acids is 1. The number of amides is 1. The van der Waals surface area contributed by atoms with Gasteiger partial charge in [0, 0.05) is 13.1 Å². The summed E-state index contributed by atoms with van der Waals surface area (Å²) in [6, 6.07) is 0. The number of nitrogens with zero attached hydrogens (tertiary/aromatic N) is 4. The van der Waals surface area contributed by atoms with Crippen LogP contribution in [0, 0.1) is 20.8 Å². The lowest BCUT2D eigenvalue weighted by Gasteiger charge is -2.08. The van der Waals surface area contributed by atoms with Crippen molar-refractivity contribution in [3.05, 3.63) is 32.8 Å². The zero-order valence-corrected chi connectivity index (χ0v) is 15.9. The highest BCUT2D eigenvalue weighted by Gasteiger charge is 2.38. The third-order valence-electron chi connectivity index (χ3n) is 3.86. The number of hydrogen-bond donors (Lipinski definition) is 1. The fourth-order valence-electron chi connectivity index (χ4n) is 2.40. The summed E-state index contributed by atoms with van der Waals surface area (Å²) in [6.07, 6.45) is -4.07. The Balaban J connectivity index is 1.87. The maximum Gasteiger partial charge on any atom is 0.436 e. The highest BCUT2D eigenvalue weighted by atomic mass is 35.5. The Morgan fingerprint density at radius 3 is 2.19 bits per heavy atom. The van der Waals surface area contributed by atoms with Crippen LogP contribution in [0.2, 0.25) is 10.0 Å². The van der Waals surface area contributed by atoms with Crippen molar-refractivity contribution in [3.8, 4) is 0 Å². The molecule has 0 fully saturated rings. The molecule has 0 saturated heterocycles. The van der Waals surface area contributed by atoms with Crippen molar-refractivity contribution in [2.24, 2.45) is 0 Å². The minimum Gasteiger partial charge on any atom is -0.354 e. The molecule has 0 bridgehead atoms. The van der Waals surface area contributed by atoms with Gasteiger partial charge in [-0.3, -0.25) is 14.2 Å². The lowest BCUT2D eigenvalue weighted by molar-refractivity contribution is -0.141. The first-order chi connectivity index (χ1) is 12.0. The smallest absolute Gasteiger partial charge is 0.354 e. The van der Waals surface area contributed by atoms with E-state index in [1.165, 1.54) is 6.92 Å². The molecule has 0 aromatic carbocycles. The van der Waals surface area contributed by atoms with Gasteiger partial charge in [0.25, 0.3) is 0 Å². The van der Waals surface area contributed by atoms with Crippen molar-refractivity contribution in [3.63, 3.8) is 0 Å². The van der Waals surface area contributed by atoms with Crippen molar-refractivity contribution < 1.29 is 18.0 Å². The van der Waals surface area contributed by atoms with Gasteiger partial charge in [0.1, 0.15) is 6.54 Å². The topological polar surface area (TPSA) is 64.7 Å². The average Bonchev–Trinajstić information content (AvgIpc) is 2.96. The van der Waals surface area contributed by atoms with Crippen LogP contribution in [0.3, 0.4) is 0 Å². The van der Waals surface area contributed by atoms with E-state index in [0.29, 0.717) is 24.5 Å². The SMILES string of the molecule is Cc1nn(CCCNC(=O)Cn2nc(C(F)(F)F)c(Cl)c2C)c(C)c1Cl. The first-order valence-electron chi connectivity index (χ1n) is 7.78. The molecule has 0 saturated carbocycles. The molecule has 2 rings (SSSR count). The van der Waals surface area contributed by atoms with E-state index in [1.54, 1.807) is 11.6 Å². The Labute approximate surface area is 158 Å². The molecule has 144 valence electrons. The van der Waals surface area contributed by atoms with Gasteiger partial charge in [-0.25, -0.2) is 0 Å². The second-order valence-electron chi connectivity index (χ2n) is 5.81. The van der Waals surface area contributed by atoms with Crippen LogP contribution < -0.4 is 5.32 Å². The first-order valence-corrected chi connectivity index (χ1v) is 8.54. The van der Waals surface area contributed by atoms with Crippen LogP contribution in [0.25, 0.3) is 0 Å². The van der Waals surface area contributed by atoms with Crippen LogP contribution in [0.4, 0.5) is 13.2 Å². The number of alkyl halides is 3. The van der Waals surface area contributed by atoms with Crippen LogP contribution in [0.1, 0.15) is 29.2 Å². The summed E-state index contributed by atoms with van der Waals surface area (Å²) in [5.74, 6) is -0.451. The fraction of sp³-hybridized carbons (Fsp3) is 0.533. The second-order valence-corrected chi connectivity index (χ2v) is 6.57. The van der Waals surface area contributed by atoms with Gasteiger partial charge in [-0.15, -0.1) is 0 Å². The summed E-state index contributed by atoms with van der Waals surface area (Å²) in [5.41, 5.74) is 0.481. The number of carbonyl (C=O) groups is 1. The minimum absolute atomic E-state index is 0.0893. The van der Waals surface area contributed by atoms with Crippen LogP contribution in [0.15, 0.2) is 0 Å². The molecule has 2 aromatic rings. The molecule has 1 N–H and O–H groups in total. The Kier molecular flexibility index (Phi) is 6.23. The van der Waals surface area contributed by atoms with Gasteiger partial charge >= 0.3 is 6.18 Å². The standard InChI is InChI=1S/C15H18Cl2F3N5O/c1-8-12(16)9(2)24(22-8)6-4-5-21-11(26)7-25-10(3)13(17)14(23-25)15(18,19)20/h4-7H2,1-3H3,(H,21,26). The molecule has 0 aliphatic carbocycles. The molecule has 6 nitrogen and oxygen atoms in total. The molecule has 1 amide bonds. The second kappa shape index (κ2) is 7.87. The summed E-state index contributed by atoms with van der Waals surface area (Å²) in [6.45, 7) is 5.60. The van der Waals surface area contributed by atoms with Gasteiger partial charge in [-0.1, -0.05) is 23.2 Å². The van der Waals surface area contributed by atoms with Gasteiger partial charge in [0.15, 0.2) is 5.69 Å². The number of hydrogen-bond acceptors (Lipinski definition) is 3. The van der Waals surface area contributed by atoms with E-state index in [4.69, 9.17) is 23.2 Å². The lowest BCUT2D eigenvalue weighted by Crippen LogP contribution is -2.30. The third-order valence-corrected chi connectivity index (χ3v) is 4.86. The van der Waals surface area contributed by atoms with E-state index in [1.807, 2.05) is 6.92 Å². The number of aromatic nitrogens is 4. The van der Waals surface area contributed by atoms with Crippen molar-refractivity contribution >= 4 is 29.1 Å². The van der Waals surface area contributed by atoms with Crippen molar-refractivity contribution in [1.82, 2.24) is 24.9 Å². The van der Waals surface area contributed by atoms with Gasteiger partial charge in [-0.05, 0) is 27.2 Å². The Bertz CT molecular complexity index is 813. The number of aryl methyl sites for hydroxylation is 2. The molecule has 0 aliphatic rings. The quantitative estimate of drug-likeness (QED) is 0.739. The van der Waals surface area contributed by atoms with Crippen LogP contribution in [-0.2, 0) is 24.1 Å². The maximum atomic E-state index is 12.8. The fourth-order valence-corrected chi connectivity index (χ4v) is 2.78. The van der Waals surface area contributed by atoms with E-state index in [-0.39, 0.29) is 12.2 Å². The number of halogens is 5. The molecule has 0 spiro atoms. The largest absolute Gasteiger partial charge is 0.436 e. The van der Waals surface area contributed by atoms with Gasteiger partial charge < -0.3 is 5.32 Å². The molecule has 2 heterocycles. The van der Waals surface area contributed by atoms with E-state index in [2.05, 4.69) is 15.5 Å². The normalized spacial score (nSPS) is 11.8. The minimum atomic E-state index is -4.66. The number of rotatable bonds is 6. The molecule has 0 aliphatic heterocycles. The molecule has 2 aromatic heterocycles. The highest BCUT2D eigenvalue weighted by molar-refractivity contribution is 6.32. The van der Waals surface area contributed by atoms with Crippen molar-refractivity contribution in [2.45, 2.75) is 46.5 Å². The molecule has 0 unspecified atom stereocenters. The summed E-state index contributed by atoms with van der Waals surface area (Å²) in [5, 5.41) is 10.4. The maximum absolute atomic E-state index is 12.8. The molecule has 26 heavy (non-hydrogen) atoms. The zero-order chi connectivity index (χ0) is 19.6. The Morgan fingerprint density at radius 1 is 1.08 bits per heavy atom. The van der Waals surface area contributed by atoms with E-state index in [0.717, 1.165) is 16.1 Å². The third kappa shape index (κ3) is 4.50. The van der Waals surface area contributed by atoms with E-state index >= 15 is 0 Å².